The van der Waals surface area contributed by atoms with Crippen molar-refractivity contribution in [1.29, 1.82) is 0 Å². The third kappa shape index (κ3) is 5.96. The van der Waals surface area contributed by atoms with Crippen LogP contribution in [0.5, 0.6) is 5.75 Å². The number of benzene rings is 2. The Hall–Kier alpha value is -1.56. The predicted molar refractivity (Wildman–Crippen MR) is 103 cm³/mol. The van der Waals surface area contributed by atoms with Gasteiger partial charge in [0.25, 0.3) is 0 Å². The van der Waals surface area contributed by atoms with E-state index in [2.05, 4.69) is 0 Å². The average molecular weight is 430 g/mol. The fraction of sp³-hybridized carbons (Fsp3) is 0.278. The highest BCUT2D eigenvalue weighted by Gasteiger charge is 2.38. The van der Waals surface area contributed by atoms with Gasteiger partial charge >= 0.3 is 12.9 Å². The summed E-state index contributed by atoms with van der Waals surface area (Å²) in [6, 6.07) is 15.0. The molecule has 1 aliphatic rings. The molecule has 3 rings (SSSR count). The Morgan fingerprint density at radius 3 is 2.56 bits per heavy atom. The van der Waals surface area contributed by atoms with Crippen molar-refractivity contribution in [3.63, 3.8) is 0 Å². The lowest BCUT2D eigenvalue weighted by Crippen LogP contribution is -2.36. The van der Waals surface area contributed by atoms with E-state index in [1.165, 1.54) is 17.2 Å². The highest BCUT2D eigenvalue weighted by atomic mass is 35.7. The van der Waals surface area contributed by atoms with Crippen LogP contribution in [0.4, 0.5) is 0 Å². The molecule has 0 N–H and O–H groups in total. The zero-order valence-corrected chi connectivity index (χ0v) is 16.7. The molecule has 144 valence electrons. The van der Waals surface area contributed by atoms with Crippen LogP contribution in [0.15, 0.2) is 54.6 Å². The van der Waals surface area contributed by atoms with Crippen molar-refractivity contribution in [2.45, 2.75) is 25.5 Å². The normalized spacial score (nSPS) is 19.4. The summed E-state index contributed by atoms with van der Waals surface area (Å²) in [5, 5.41) is 2.02. The molecule has 0 saturated carbocycles. The van der Waals surface area contributed by atoms with Crippen molar-refractivity contribution >= 4 is 35.8 Å². The largest absolute Gasteiger partial charge is 0.532 e. The summed E-state index contributed by atoms with van der Waals surface area (Å²) in [6.45, 7) is -3.25. The van der Waals surface area contributed by atoms with Gasteiger partial charge in [-0.15, -0.1) is 0 Å². The van der Waals surface area contributed by atoms with Gasteiger partial charge in [-0.3, -0.25) is 4.84 Å². The molecule has 0 bridgehead atoms. The van der Waals surface area contributed by atoms with Gasteiger partial charge in [-0.2, -0.15) is 5.06 Å². The van der Waals surface area contributed by atoms with Gasteiger partial charge in [-0.25, -0.2) is 9.36 Å². The van der Waals surface area contributed by atoms with Crippen LogP contribution >= 0.6 is 29.8 Å². The van der Waals surface area contributed by atoms with Crippen molar-refractivity contribution in [1.82, 2.24) is 5.06 Å². The fourth-order valence-electron chi connectivity index (χ4n) is 2.67. The van der Waals surface area contributed by atoms with Crippen LogP contribution in [0.1, 0.15) is 18.4 Å². The summed E-state index contributed by atoms with van der Waals surface area (Å²) >= 11 is 11.6. The third-order valence-electron chi connectivity index (χ3n) is 3.94. The van der Waals surface area contributed by atoms with E-state index in [-0.39, 0.29) is 5.75 Å². The summed E-state index contributed by atoms with van der Waals surface area (Å²) in [4.78, 5) is 18.1. The number of carbonyl (C=O) groups is 1. The molecule has 1 aliphatic heterocycles. The molecule has 2 atom stereocenters. The van der Waals surface area contributed by atoms with Crippen LogP contribution in [0.25, 0.3) is 0 Å². The van der Waals surface area contributed by atoms with Crippen LogP contribution in [0.2, 0.25) is 5.02 Å². The van der Waals surface area contributed by atoms with Crippen molar-refractivity contribution in [2.24, 2.45) is 0 Å². The van der Waals surface area contributed by atoms with Crippen LogP contribution < -0.4 is 4.52 Å². The second-order valence-electron chi connectivity index (χ2n) is 5.94. The molecular weight excluding hydrogens is 412 g/mol. The summed E-state index contributed by atoms with van der Waals surface area (Å²) in [5.74, 6) is -0.554. The minimum Gasteiger partial charge on any atom is -0.405 e. The highest BCUT2D eigenvalue weighted by molar-refractivity contribution is 7.82. The van der Waals surface area contributed by atoms with E-state index in [1.54, 1.807) is 12.1 Å². The van der Waals surface area contributed by atoms with E-state index in [0.717, 1.165) is 12.0 Å². The Kier molecular flexibility index (Phi) is 6.79. The summed E-state index contributed by atoms with van der Waals surface area (Å²) in [5.41, 5.74) is 0.977. The lowest BCUT2D eigenvalue weighted by Gasteiger charge is -2.23. The molecule has 1 heterocycles. The summed E-state index contributed by atoms with van der Waals surface area (Å²) < 4.78 is 22.4. The van der Waals surface area contributed by atoms with Crippen LogP contribution in [0, 0.1) is 0 Å². The number of hydroxylamine groups is 2. The van der Waals surface area contributed by atoms with E-state index in [9.17, 15) is 9.36 Å². The van der Waals surface area contributed by atoms with Gasteiger partial charge in [0.1, 0.15) is 11.8 Å². The lowest BCUT2D eigenvalue weighted by atomic mass is 10.2. The maximum atomic E-state index is 12.4. The van der Waals surface area contributed by atoms with Crippen molar-refractivity contribution in [3.05, 3.63) is 65.2 Å². The molecule has 0 aromatic heterocycles. The molecule has 1 unspecified atom stereocenters. The van der Waals surface area contributed by atoms with E-state index >= 15 is 0 Å². The van der Waals surface area contributed by atoms with Crippen molar-refractivity contribution in [2.75, 3.05) is 6.54 Å². The molecule has 2 aromatic carbocycles. The SMILES string of the molecule is O=C(OP(=O)(Cl)Oc1ccc(Cl)cc1)[C@@H]1CCCN1OCc1ccccc1. The molecule has 27 heavy (non-hydrogen) atoms. The molecule has 0 aliphatic carbocycles. The second kappa shape index (κ2) is 9.09. The van der Waals surface area contributed by atoms with Gasteiger partial charge in [0, 0.05) is 22.8 Å². The molecule has 6 nitrogen and oxygen atoms in total. The van der Waals surface area contributed by atoms with Crippen molar-refractivity contribution < 1.29 is 23.2 Å². The maximum Gasteiger partial charge on any atom is 0.532 e. The molecule has 0 radical (unpaired) electrons. The third-order valence-corrected chi connectivity index (χ3v) is 5.44. The van der Waals surface area contributed by atoms with E-state index in [0.29, 0.717) is 24.6 Å². The number of hydrogen-bond acceptors (Lipinski definition) is 6. The first-order chi connectivity index (χ1) is 12.9. The Labute approximate surface area is 167 Å². The van der Waals surface area contributed by atoms with E-state index in [1.807, 2.05) is 30.3 Å². The second-order valence-corrected chi connectivity index (χ2v) is 8.85. The molecule has 0 spiro atoms. The van der Waals surface area contributed by atoms with Gasteiger partial charge in [-0.05, 0) is 42.7 Å². The number of carbonyl (C=O) groups excluding carboxylic acids is 1. The van der Waals surface area contributed by atoms with Gasteiger partial charge in [0.05, 0.1) is 6.61 Å². The monoisotopic (exact) mass is 429 g/mol. The quantitative estimate of drug-likeness (QED) is 0.563. The van der Waals surface area contributed by atoms with Crippen LogP contribution in [0.3, 0.4) is 0 Å². The fourth-order valence-corrected chi connectivity index (χ4v) is 3.99. The lowest BCUT2D eigenvalue weighted by molar-refractivity contribution is -0.191. The van der Waals surface area contributed by atoms with Gasteiger partial charge in [0.15, 0.2) is 0 Å². The predicted octanol–water partition coefficient (Wildman–Crippen LogP) is 5.21. The first-order valence-electron chi connectivity index (χ1n) is 8.35. The zero-order valence-electron chi connectivity index (χ0n) is 14.3. The van der Waals surface area contributed by atoms with Crippen molar-refractivity contribution in [3.8, 4) is 5.75 Å². The molecule has 1 fully saturated rings. The summed E-state index contributed by atoms with van der Waals surface area (Å²) in [7, 11) is 0. The summed E-state index contributed by atoms with van der Waals surface area (Å²) in [6.07, 6.45) is 1.27. The highest BCUT2D eigenvalue weighted by Crippen LogP contribution is 2.54. The standard InChI is InChI=1S/C18H18Cl2NO5P/c19-15-8-10-16(11-9-15)25-27(20,23)26-18(22)17-7-4-12-21(17)24-13-14-5-2-1-3-6-14/h1-3,5-6,8-11,17H,4,7,12-13H2/t17-,27?/m0/s1. The Morgan fingerprint density at radius 1 is 1.15 bits per heavy atom. The first kappa shape index (κ1) is 20.2. The van der Waals surface area contributed by atoms with Crippen LogP contribution in [-0.2, 0) is 25.3 Å². The number of halogens is 2. The van der Waals surface area contributed by atoms with Gasteiger partial charge in [-0.1, -0.05) is 41.9 Å². The topological polar surface area (TPSA) is 65.1 Å². The average Bonchev–Trinajstić information content (AvgIpc) is 3.11. The minimum absolute atomic E-state index is 0.189. The van der Waals surface area contributed by atoms with E-state index < -0.39 is 19.0 Å². The number of rotatable bonds is 7. The molecule has 0 amide bonds. The Morgan fingerprint density at radius 2 is 1.85 bits per heavy atom. The molecule has 2 aromatic rings. The number of nitrogens with zero attached hydrogens (tertiary/aromatic N) is 1. The molecule has 9 heteroatoms. The Bertz CT molecular complexity index is 818. The van der Waals surface area contributed by atoms with E-state index in [4.69, 9.17) is 36.7 Å². The molecule has 1 saturated heterocycles. The first-order valence-corrected chi connectivity index (χ1v) is 11.2. The smallest absolute Gasteiger partial charge is 0.405 e. The molecular formula is C18H18Cl2NO5P. The maximum absolute atomic E-state index is 12.4. The number of hydrogen-bond donors (Lipinski definition) is 0. The minimum atomic E-state index is -4.14. The van der Waals surface area contributed by atoms with Gasteiger partial charge < -0.3 is 9.05 Å². The zero-order chi connectivity index (χ0) is 19.3. The Balaban J connectivity index is 1.56. The van der Waals surface area contributed by atoms with Crippen LogP contribution in [-0.4, -0.2) is 23.6 Å². The van der Waals surface area contributed by atoms with Gasteiger partial charge in [0.2, 0.25) is 0 Å².